The molecule has 158 valence electrons. The van der Waals surface area contributed by atoms with Gasteiger partial charge in [0, 0.05) is 30.3 Å². The molecule has 0 bridgehead atoms. The van der Waals surface area contributed by atoms with Crippen LogP contribution < -0.4 is 10.2 Å². The average molecular weight is 427 g/mol. The molecule has 0 saturated heterocycles. The second-order valence-electron chi connectivity index (χ2n) is 8.24. The molecule has 2 aromatic carbocycles. The third-order valence-electron chi connectivity index (χ3n) is 5.76. The van der Waals surface area contributed by atoms with Crippen molar-refractivity contribution in [3.8, 4) is 0 Å². The number of carbonyl (C=O) groups excluding carboxylic acids is 2. The van der Waals surface area contributed by atoms with Crippen molar-refractivity contribution in [2.24, 2.45) is 5.92 Å². The Bertz CT molecular complexity index is 1120. The Kier molecular flexibility index (Phi) is 5.40. The molecule has 1 saturated carbocycles. The Morgan fingerprint density at radius 3 is 2.60 bits per heavy atom. The van der Waals surface area contributed by atoms with Crippen molar-refractivity contribution in [1.29, 1.82) is 0 Å². The molecule has 1 aliphatic carbocycles. The van der Waals surface area contributed by atoms with Crippen LogP contribution in [0.25, 0.3) is 0 Å². The van der Waals surface area contributed by atoms with Crippen LogP contribution in [-0.2, 0) is 25.8 Å². The van der Waals surface area contributed by atoms with E-state index in [1.165, 1.54) is 0 Å². The summed E-state index contributed by atoms with van der Waals surface area (Å²) in [6.07, 6.45) is 2.44. The van der Waals surface area contributed by atoms with E-state index in [1.807, 2.05) is 32.0 Å². The van der Waals surface area contributed by atoms with Crippen molar-refractivity contribution in [2.75, 3.05) is 22.5 Å². The van der Waals surface area contributed by atoms with Crippen LogP contribution >= 0.6 is 0 Å². The molecule has 1 aliphatic heterocycles. The van der Waals surface area contributed by atoms with Crippen molar-refractivity contribution in [3.63, 3.8) is 0 Å². The Labute approximate surface area is 177 Å². The van der Waals surface area contributed by atoms with E-state index in [2.05, 4.69) is 5.32 Å². The number of sulfone groups is 1. The van der Waals surface area contributed by atoms with Gasteiger partial charge in [0.05, 0.1) is 10.6 Å². The number of amides is 2. The molecule has 7 heteroatoms. The number of aryl methyl sites for hydroxylation is 2. The molecule has 2 amide bonds. The van der Waals surface area contributed by atoms with Gasteiger partial charge < -0.3 is 10.2 Å². The minimum Gasteiger partial charge on any atom is -0.326 e. The summed E-state index contributed by atoms with van der Waals surface area (Å²) in [5, 5.41) is 2.80. The quantitative estimate of drug-likeness (QED) is 0.767. The summed E-state index contributed by atoms with van der Waals surface area (Å²) < 4.78 is 25.6. The van der Waals surface area contributed by atoms with Gasteiger partial charge in [-0.2, -0.15) is 0 Å². The number of carbonyl (C=O) groups is 2. The van der Waals surface area contributed by atoms with Crippen LogP contribution in [-0.4, -0.2) is 32.5 Å². The highest BCUT2D eigenvalue weighted by molar-refractivity contribution is 7.91. The van der Waals surface area contributed by atoms with Gasteiger partial charge in [-0.1, -0.05) is 12.1 Å². The molecule has 0 aromatic heterocycles. The summed E-state index contributed by atoms with van der Waals surface area (Å²) in [6, 6.07) is 10.7. The normalized spacial score (nSPS) is 15.7. The van der Waals surface area contributed by atoms with Crippen molar-refractivity contribution in [2.45, 2.75) is 44.4 Å². The zero-order chi connectivity index (χ0) is 21.5. The molecular weight excluding hydrogens is 400 g/mol. The summed E-state index contributed by atoms with van der Waals surface area (Å²) >= 11 is 0. The lowest BCUT2D eigenvalue weighted by molar-refractivity contribution is -0.119. The van der Waals surface area contributed by atoms with Gasteiger partial charge in [0.1, 0.15) is 0 Å². The second-order valence-corrected chi connectivity index (χ2v) is 10.3. The SMILES string of the molecule is Cc1ccc(C)c(NC(=O)CCS(=O)(=O)c2ccc3c(c2)CCN3C(=O)C2CC2)c1. The summed E-state index contributed by atoms with van der Waals surface area (Å²) in [5.41, 5.74) is 4.36. The number of rotatable bonds is 6. The van der Waals surface area contributed by atoms with Gasteiger partial charge in [-0.25, -0.2) is 8.42 Å². The van der Waals surface area contributed by atoms with Crippen LogP contribution in [0, 0.1) is 19.8 Å². The van der Waals surface area contributed by atoms with Crippen molar-refractivity contribution >= 4 is 33.0 Å². The van der Waals surface area contributed by atoms with Crippen LogP contribution in [0.15, 0.2) is 41.3 Å². The summed E-state index contributed by atoms with van der Waals surface area (Å²) in [6.45, 7) is 4.44. The number of nitrogens with zero attached hydrogens (tertiary/aromatic N) is 1. The minimum atomic E-state index is -3.59. The summed E-state index contributed by atoms with van der Waals surface area (Å²) in [4.78, 5) is 26.7. The van der Waals surface area contributed by atoms with E-state index >= 15 is 0 Å². The van der Waals surface area contributed by atoms with E-state index in [0.717, 1.165) is 35.2 Å². The zero-order valence-electron chi connectivity index (χ0n) is 17.3. The highest BCUT2D eigenvalue weighted by Crippen LogP contribution is 2.37. The number of hydrogen-bond acceptors (Lipinski definition) is 4. The third kappa shape index (κ3) is 4.26. The van der Waals surface area contributed by atoms with Crippen LogP contribution in [0.1, 0.15) is 36.0 Å². The molecule has 1 heterocycles. The monoisotopic (exact) mass is 426 g/mol. The molecule has 1 fully saturated rings. The number of fused-ring (bicyclic) bond motifs is 1. The molecule has 2 aliphatic rings. The number of nitrogens with one attached hydrogen (secondary N) is 1. The second kappa shape index (κ2) is 7.87. The lowest BCUT2D eigenvalue weighted by Gasteiger charge is -2.17. The first kappa shape index (κ1) is 20.6. The first-order valence-electron chi connectivity index (χ1n) is 10.3. The minimum absolute atomic E-state index is 0.112. The molecule has 0 spiro atoms. The molecule has 2 aromatic rings. The lowest BCUT2D eigenvalue weighted by atomic mass is 10.1. The first-order chi connectivity index (χ1) is 14.2. The molecule has 6 nitrogen and oxygen atoms in total. The van der Waals surface area contributed by atoms with Gasteiger partial charge in [0.15, 0.2) is 9.84 Å². The van der Waals surface area contributed by atoms with E-state index in [1.54, 1.807) is 23.1 Å². The van der Waals surface area contributed by atoms with E-state index < -0.39 is 9.84 Å². The molecular formula is C23H26N2O4S. The predicted molar refractivity (Wildman–Crippen MR) is 116 cm³/mol. The highest BCUT2D eigenvalue weighted by atomic mass is 32.2. The van der Waals surface area contributed by atoms with Crippen molar-refractivity contribution in [1.82, 2.24) is 0 Å². The lowest BCUT2D eigenvalue weighted by Crippen LogP contribution is -2.30. The largest absolute Gasteiger partial charge is 0.326 e. The van der Waals surface area contributed by atoms with Crippen LogP contribution in [0.3, 0.4) is 0 Å². The summed E-state index contributed by atoms with van der Waals surface area (Å²) in [7, 11) is -3.59. The van der Waals surface area contributed by atoms with E-state index in [-0.39, 0.29) is 34.8 Å². The van der Waals surface area contributed by atoms with Crippen molar-refractivity contribution in [3.05, 3.63) is 53.1 Å². The van der Waals surface area contributed by atoms with Gasteiger partial charge in [0.25, 0.3) is 0 Å². The van der Waals surface area contributed by atoms with E-state index in [9.17, 15) is 18.0 Å². The topological polar surface area (TPSA) is 83.6 Å². The summed E-state index contributed by atoms with van der Waals surface area (Å²) in [5.74, 6) is -0.301. The molecule has 0 unspecified atom stereocenters. The number of hydrogen-bond donors (Lipinski definition) is 1. The van der Waals surface area contributed by atoms with E-state index in [4.69, 9.17) is 0 Å². The predicted octanol–water partition coefficient (Wildman–Crippen LogP) is 3.41. The Balaban J connectivity index is 1.42. The van der Waals surface area contributed by atoms with Crippen LogP contribution in [0.2, 0.25) is 0 Å². The average Bonchev–Trinajstić information content (AvgIpc) is 3.47. The van der Waals surface area contributed by atoms with Gasteiger partial charge in [-0.05, 0) is 74.1 Å². The fraction of sp³-hybridized carbons (Fsp3) is 0.391. The molecule has 0 radical (unpaired) electrons. The van der Waals surface area contributed by atoms with Crippen LogP contribution in [0.4, 0.5) is 11.4 Å². The smallest absolute Gasteiger partial charge is 0.230 e. The number of benzene rings is 2. The first-order valence-corrected chi connectivity index (χ1v) is 11.9. The molecule has 0 atom stereocenters. The Morgan fingerprint density at radius 1 is 1.10 bits per heavy atom. The fourth-order valence-electron chi connectivity index (χ4n) is 3.78. The van der Waals surface area contributed by atoms with E-state index in [0.29, 0.717) is 18.7 Å². The maximum absolute atomic E-state index is 12.8. The maximum atomic E-state index is 12.8. The standard InChI is InChI=1S/C23H26N2O4S/c1-15-3-4-16(2)20(13-15)24-22(26)10-12-30(28,29)19-7-8-21-18(14-19)9-11-25(21)23(27)17-5-6-17/h3-4,7-8,13-14,17H,5-6,9-12H2,1-2H3,(H,24,26). The fourth-order valence-corrected chi connectivity index (χ4v) is 5.07. The highest BCUT2D eigenvalue weighted by Gasteiger charge is 2.36. The Morgan fingerprint density at radius 2 is 1.87 bits per heavy atom. The third-order valence-corrected chi connectivity index (χ3v) is 7.48. The van der Waals surface area contributed by atoms with Gasteiger partial charge in [-0.15, -0.1) is 0 Å². The zero-order valence-corrected chi connectivity index (χ0v) is 18.1. The number of anilines is 2. The molecule has 4 rings (SSSR count). The molecule has 1 N–H and O–H groups in total. The van der Waals surface area contributed by atoms with Crippen LogP contribution in [0.5, 0.6) is 0 Å². The Hall–Kier alpha value is -2.67. The maximum Gasteiger partial charge on any atom is 0.230 e. The van der Waals surface area contributed by atoms with Gasteiger partial charge in [-0.3, -0.25) is 9.59 Å². The van der Waals surface area contributed by atoms with Gasteiger partial charge in [0.2, 0.25) is 11.8 Å². The molecule has 30 heavy (non-hydrogen) atoms. The van der Waals surface area contributed by atoms with Crippen molar-refractivity contribution < 1.29 is 18.0 Å². The van der Waals surface area contributed by atoms with Gasteiger partial charge >= 0.3 is 0 Å².